The Balaban J connectivity index is 2.92. The third-order valence-electron chi connectivity index (χ3n) is 2.05. The summed E-state index contributed by atoms with van der Waals surface area (Å²) < 4.78 is 10.2. The standard InChI is InChI=1S/C10H15NO4/c1-13-9-4-3-7(5-10(9)14-2)8(12)6-15-11/h3-5,8,12H,6,11H2,1-2H3. The van der Waals surface area contributed by atoms with Gasteiger partial charge < -0.3 is 19.4 Å². The lowest BCUT2D eigenvalue weighted by Crippen LogP contribution is -2.10. The molecule has 0 radical (unpaired) electrons. The number of nitrogens with two attached hydrogens (primary N) is 1. The van der Waals surface area contributed by atoms with E-state index >= 15 is 0 Å². The van der Waals surface area contributed by atoms with Crippen molar-refractivity contribution in [3.63, 3.8) is 0 Å². The first-order valence-corrected chi connectivity index (χ1v) is 4.44. The van der Waals surface area contributed by atoms with Gasteiger partial charge in [0.25, 0.3) is 0 Å². The third kappa shape index (κ3) is 2.82. The first-order chi connectivity index (χ1) is 7.22. The molecule has 1 atom stereocenters. The summed E-state index contributed by atoms with van der Waals surface area (Å²) in [5.74, 6) is 6.05. The Hall–Kier alpha value is -1.30. The smallest absolute Gasteiger partial charge is 0.161 e. The molecular formula is C10H15NO4. The minimum Gasteiger partial charge on any atom is -0.493 e. The topological polar surface area (TPSA) is 73.9 Å². The van der Waals surface area contributed by atoms with Crippen LogP contribution >= 0.6 is 0 Å². The van der Waals surface area contributed by atoms with Crippen LogP contribution in [0, 0.1) is 0 Å². The summed E-state index contributed by atoms with van der Waals surface area (Å²) >= 11 is 0. The fourth-order valence-corrected chi connectivity index (χ4v) is 1.25. The van der Waals surface area contributed by atoms with Crippen LogP contribution in [0.3, 0.4) is 0 Å². The molecule has 5 heteroatoms. The monoisotopic (exact) mass is 213 g/mol. The lowest BCUT2D eigenvalue weighted by molar-refractivity contribution is 0.0358. The van der Waals surface area contributed by atoms with E-state index in [-0.39, 0.29) is 6.61 Å². The molecule has 5 nitrogen and oxygen atoms in total. The second-order valence-electron chi connectivity index (χ2n) is 2.96. The molecule has 0 aromatic heterocycles. The molecule has 15 heavy (non-hydrogen) atoms. The lowest BCUT2D eigenvalue weighted by Gasteiger charge is -2.12. The molecule has 0 aliphatic heterocycles. The van der Waals surface area contributed by atoms with E-state index in [9.17, 15) is 5.11 Å². The highest BCUT2D eigenvalue weighted by atomic mass is 16.6. The fourth-order valence-electron chi connectivity index (χ4n) is 1.25. The molecule has 1 rings (SSSR count). The zero-order chi connectivity index (χ0) is 11.3. The van der Waals surface area contributed by atoms with E-state index in [1.54, 1.807) is 25.3 Å². The molecule has 1 aromatic carbocycles. The van der Waals surface area contributed by atoms with Crippen molar-refractivity contribution in [1.82, 2.24) is 0 Å². The summed E-state index contributed by atoms with van der Waals surface area (Å²) in [7, 11) is 3.09. The number of aliphatic hydroxyl groups is 1. The van der Waals surface area contributed by atoms with Crippen LogP contribution in [0.4, 0.5) is 0 Å². The summed E-state index contributed by atoms with van der Waals surface area (Å²) in [6.07, 6.45) is -0.769. The van der Waals surface area contributed by atoms with Gasteiger partial charge in [0.15, 0.2) is 11.5 Å². The molecule has 3 N–H and O–H groups in total. The summed E-state index contributed by atoms with van der Waals surface area (Å²) in [5.41, 5.74) is 0.665. The summed E-state index contributed by atoms with van der Waals surface area (Å²) in [4.78, 5) is 4.37. The van der Waals surface area contributed by atoms with E-state index in [0.29, 0.717) is 17.1 Å². The van der Waals surface area contributed by atoms with E-state index in [4.69, 9.17) is 15.4 Å². The van der Waals surface area contributed by atoms with Crippen molar-refractivity contribution < 1.29 is 19.4 Å². The van der Waals surface area contributed by atoms with Crippen LogP contribution in [-0.2, 0) is 4.84 Å². The molecule has 1 unspecified atom stereocenters. The molecule has 0 spiro atoms. The Morgan fingerprint density at radius 1 is 1.27 bits per heavy atom. The van der Waals surface area contributed by atoms with Gasteiger partial charge in [-0.25, -0.2) is 5.90 Å². The van der Waals surface area contributed by atoms with E-state index in [1.807, 2.05) is 0 Å². The molecule has 0 saturated carbocycles. The van der Waals surface area contributed by atoms with Crippen LogP contribution in [-0.4, -0.2) is 25.9 Å². The maximum absolute atomic E-state index is 9.60. The van der Waals surface area contributed by atoms with Gasteiger partial charge >= 0.3 is 0 Å². The Labute approximate surface area is 88.3 Å². The van der Waals surface area contributed by atoms with Crippen LogP contribution in [0.5, 0.6) is 11.5 Å². The number of benzene rings is 1. The average Bonchev–Trinajstić information content (AvgIpc) is 2.28. The Morgan fingerprint density at radius 2 is 1.93 bits per heavy atom. The molecule has 0 aliphatic carbocycles. The molecule has 0 amide bonds. The van der Waals surface area contributed by atoms with Gasteiger partial charge in [-0.2, -0.15) is 0 Å². The van der Waals surface area contributed by atoms with Crippen molar-refractivity contribution >= 4 is 0 Å². The lowest BCUT2D eigenvalue weighted by atomic mass is 10.1. The number of rotatable bonds is 5. The van der Waals surface area contributed by atoms with Gasteiger partial charge in [-0.05, 0) is 17.7 Å². The van der Waals surface area contributed by atoms with Gasteiger partial charge in [0, 0.05) is 0 Å². The molecule has 0 bridgehead atoms. The van der Waals surface area contributed by atoms with E-state index in [1.165, 1.54) is 7.11 Å². The first kappa shape index (κ1) is 11.8. The first-order valence-electron chi connectivity index (χ1n) is 4.44. The highest BCUT2D eigenvalue weighted by Crippen LogP contribution is 2.29. The zero-order valence-electron chi connectivity index (χ0n) is 8.77. The van der Waals surface area contributed by atoms with Gasteiger partial charge in [0.05, 0.1) is 20.8 Å². The predicted octanol–water partition coefficient (Wildman–Crippen LogP) is 0.628. The molecule has 84 valence electrons. The molecular weight excluding hydrogens is 198 g/mol. The maximum Gasteiger partial charge on any atom is 0.161 e. The van der Waals surface area contributed by atoms with Crippen LogP contribution in [0.1, 0.15) is 11.7 Å². The van der Waals surface area contributed by atoms with Crippen LogP contribution in [0.2, 0.25) is 0 Å². The SMILES string of the molecule is COc1ccc(C(O)CON)cc1OC. The highest BCUT2D eigenvalue weighted by Gasteiger charge is 2.11. The normalized spacial score (nSPS) is 12.3. The largest absolute Gasteiger partial charge is 0.493 e. The minimum atomic E-state index is -0.769. The molecule has 0 saturated heterocycles. The van der Waals surface area contributed by atoms with Crippen molar-refractivity contribution in [2.24, 2.45) is 5.90 Å². The molecule has 0 aliphatic rings. The molecule has 1 aromatic rings. The van der Waals surface area contributed by atoms with Gasteiger partial charge in [0.1, 0.15) is 6.10 Å². The summed E-state index contributed by atoms with van der Waals surface area (Å²) in [6.45, 7) is 0.0372. The quantitative estimate of drug-likeness (QED) is 0.702. The number of ether oxygens (including phenoxy) is 2. The van der Waals surface area contributed by atoms with Gasteiger partial charge in [-0.15, -0.1) is 0 Å². The van der Waals surface area contributed by atoms with E-state index in [0.717, 1.165) is 0 Å². The van der Waals surface area contributed by atoms with Gasteiger partial charge in [-0.3, -0.25) is 0 Å². The second kappa shape index (κ2) is 5.55. The number of hydrogen-bond acceptors (Lipinski definition) is 5. The molecule has 0 fully saturated rings. The highest BCUT2D eigenvalue weighted by molar-refractivity contribution is 5.43. The van der Waals surface area contributed by atoms with Crippen LogP contribution in [0.25, 0.3) is 0 Å². The van der Waals surface area contributed by atoms with Crippen LogP contribution < -0.4 is 15.4 Å². The zero-order valence-corrected chi connectivity index (χ0v) is 8.77. The summed E-state index contributed by atoms with van der Waals surface area (Å²) in [6, 6.07) is 5.13. The third-order valence-corrected chi connectivity index (χ3v) is 2.05. The fraction of sp³-hybridized carbons (Fsp3) is 0.400. The van der Waals surface area contributed by atoms with Gasteiger partial charge in [0.2, 0.25) is 0 Å². The number of methoxy groups -OCH3 is 2. The van der Waals surface area contributed by atoms with Crippen molar-refractivity contribution in [1.29, 1.82) is 0 Å². The van der Waals surface area contributed by atoms with E-state index in [2.05, 4.69) is 4.84 Å². The minimum absolute atomic E-state index is 0.0372. The van der Waals surface area contributed by atoms with Gasteiger partial charge in [-0.1, -0.05) is 6.07 Å². The predicted molar refractivity (Wildman–Crippen MR) is 54.6 cm³/mol. The summed E-state index contributed by atoms with van der Waals surface area (Å²) in [5, 5.41) is 9.60. The van der Waals surface area contributed by atoms with Crippen molar-refractivity contribution in [3.8, 4) is 11.5 Å². The Bertz CT molecular complexity index is 316. The van der Waals surface area contributed by atoms with Crippen LogP contribution in [0.15, 0.2) is 18.2 Å². The van der Waals surface area contributed by atoms with Crippen molar-refractivity contribution in [2.75, 3.05) is 20.8 Å². The van der Waals surface area contributed by atoms with Crippen molar-refractivity contribution in [3.05, 3.63) is 23.8 Å². The Kier molecular flexibility index (Phi) is 4.36. The maximum atomic E-state index is 9.60. The number of hydrogen-bond donors (Lipinski definition) is 2. The second-order valence-corrected chi connectivity index (χ2v) is 2.96. The average molecular weight is 213 g/mol. The van der Waals surface area contributed by atoms with E-state index < -0.39 is 6.10 Å². The molecule has 0 heterocycles. The van der Waals surface area contributed by atoms with Crippen molar-refractivity contribution in [2.45, 2.75) is 6.10 Å². The number of aliphatic hydroxyl groups excluding tert-OH is 1. The Morgan fingerprint density at radius 3 is 2.47 bits per heavy atom.